The van der Waals surface area contributed by atoms with Crippen LogP contribution in [0.1, 0.15) is 52.9 Å². The van der Waals surface area contributed by atoms with Gasteiger partial charge in [-0.05, 0) is 52.6 Å². The van der Waals surface area contributed by atoms with Crippen LogP contribution in [-0.4, -0.2) is 37.1 Å². The summed E-state index contributed by atoms with van der Waals surface area (Å²) < 4.78 is 0. The summed E-state index contributed by atoms with van der Waals surface area (Å²) in [6, 6.07) is 1.45. The van der Waals surface area contributed by atoms with Gasteiger partial charge in [0, 0.05) is 18.6 Å². The largest absolute Gasteiger partial charge is 0.314 e. The molecular weight excluding hydrogens is 196 g/mol. The predicted molar refractivity (Wildman–Crippen MR) is 71.8 cm³/mol. The predicted octanol–water partition coefficient (Wildman–Crippen LogP) is 2.89. The SMILES string of the molecule is CCCNC1CCCCC1CN(C)C(C)C. The normalized spacial score (nSPS) is 26.6. The Morgan fingerprint density at radius 1 is 1.25 bits per heavy atom. The van der Waals surface area contributed by atoms with E-state index in [4.69, 9.17) is 0 Å². The molecule has 1 fully saturated rings. The van der Waals surface area contributed by atoms with E-state index in [0.29, 0.717) is 6.04 Å². The van der Waals surface area contributed by atoms with Crippen molar-refractivity contribution in [3.63, 3.8) is 0 Å². The number of rotatable bonds is 6. The minimum absolute atomic E-state index is 0.675. The summed E-state index contributed by atoms with van der Waals surface area (Å²) in [7, 11) is 2.26. The van der Waals surface area contributed by atoms with E-state index in [-0.39, 0.29) is 0 Å². The van der Waals surface area contributed by atoms with Gasteiger partial charge in [0.15, 0.2) is 0 Å². The molecule has 0 spiro atoms. The van der Waals surface area contributed by atoms with Gasteiger partial charge in [-0.25, -0.2) is 0 Å². The van der Waals surface area contributed by atoms with Gasteiger partial charge >= 0.3 is 0 Å². The molecule has 2 unspecified atom stereocenters. The fourth-order valence-corrected chi connectivity index (χ4v) is 2.61. The van der Waals surface area contributed by atoms with E-state index in [9.17, 15) is 0 Å². The third-order valence-corrected chi connectivity index (χ3v) is 3.97. The summed E-state index contributed by atoms with van der Waals surface area (Å²) in [6.45, 7) is 9.28. The standard InChI is InChI=1S/C14H30N2/c1-5-10-15-14-9-7-6-8-13(14)11-16(4)12(2)3/h12-15H,5-11H2,1-4H3. The van der Waals surface area contributed by atoms with Gasteiger partial charge < -0.3 is 10.2 Å². The van der Waals surface area contributed by atoms with Crippen molar-refractivity contribution < 1.29 is 0 Å². The summed E-state index contributed by atoms with van der Waals surface area (Å²) in [4.78, 5) is 2.50. The van der Waals surface area contributed by atoms with Gasteiger partial charge in [-0.15, -0.1) is 0 Å². The number of nitrogens with one attached hydrogen (secondary N) is 1. The van der Waals surface area contributed by atoms with Gasteiger partial charge in [0.1, 0.15) is 0 Å². The summed E-state index contributed by atoms with van der Waals surface area (Å²) in [5.74, 6) is 0.868. The maximum atomic E-state index is 3.74. The molecule has 0 radical (unpaired) electrons. The van der Waals surface area contributed by atoms with E-state index in [0.717, 1.165) is 12.0 Å². The molecule has 0 aromatic rings. The molecule has 96 valence electrons. The summed E-state index contributed by atoms with van der Waals surface area (Å²) in [5.41, 5.74) is 0. The molecule has 0 heterocycles. The highest BCUT2D eigenvalue weighted by atomic mass is 15.1. The van der Waals surface area contributed by atoms with Crippen LogP contribution in [-0.2, 0) is 0 Å². The van der Waals surface area contributed by atoms with Crippen LogP contribution in [0, 0.1) is 5.92 Å². The molecule has 1 aliphatic carbocycles. The van der Waals surface area contributed by atoms with Crippen molar-refractivity contribution in [1.82, 2.24) is 10.2 Å². The molecule has 0 saturated heterocycles. The zero-order chi connectivity index (χ0) is 12.0. The quantitative estimate of drug-likeness (QED) is 0.749. The highest BCUT2D eigenvalue weighted by Crippen LogP contribution is 2.25. The van der Waals surface area contributed by atoms with Crippen LogP contribution < -0.4 is 5.32 Å². The van der Waals surface area contributed by atoms with E-state index in [1.165, 1.54) is 45.2 Å². The van der Waals surface area contributed by atoms with Crippen molar-refractivity contribution in [1.29, 1.82) is 0 Å². The van der Waals surface area contributed by atoms with E-state index >= 15 is 0 Å². The van der Waals surface area contributed by atoms with E-state index in [2.05, 4.69) is 38.0 Å². The molecule has 2 heteroatoms. The highest BCUT2D eigenvalue weighted by molar-refractivity contribution is 4.83. The van der Waals surface area contributed by atoms with Gasteiger partial charge in [-0.3, -0.25) is 0 Å². The zero-order valence-corrected chi connectivity index (χ0v) is 11.6. The van der Waals surface area contributed by atoms with Crippen LogP contribution in [0.3, 0.4) is 0 Å². The van der Waals surface area contributed by atoms with Crippen LogP contribution in [0.4, 0.5) is 0 Å². The highest BCUT2D eigenvalue weighted by Gasteiger charge is 2.25. The first-order chi connectivity index (χ1) is 7.65. The lowest BCUT2D eigenvalue weighted by atomic mass is 9.84. The van der Waals surface area contributed by atoms with Gasteiger partial charge in [0.25, 0.3) is 0 Å². The van der Waals surface area contributed by atoms with E-state index < -0.39 is 0 Å². The minimum atomic E-state index is 0.675. The average Bonchev–Trinajstić information content (AvgIpc) is 2.27. The van der Waals surface area contributed by atoms with Crippen molar-refractivity contribution in [3.05, 3.63) is 0 Å². The summed E-state index contributed by atoms with van der Waals surface area (Å²) in [5, 5.41) is 3.74. The van der Waals surface area contributed by atoms with Crippen molar-refractivity contribution >= 4 is 0 Å². The molecule has 0 aliphatic heterocycles. The lowest BCUT2D eigenvalue weighted by Crippen LogP contribution is -2.45. The van der Waals surface area contributed by atoms with Gasteiger partial charge in [0.2, 0.25) is 0 Å². The third kappa shape index (κ3) is 4.42. The molecule has 2 nitrogen and oxygen atoms in total. The van der Waals surface area contributed by atoms with Gasteiger partial charge in [-0.2, -0.15) is 0 Å². The first kappa shape index (κ1) is 14.0. The van der Waals surface area contributed by atoms with E-state index in [1.807, 2.05) is 0 Å². The smallest absolute Gasteiger partial charge is 0.0107 e. The van der Waals surface area contributed by atoms with Crippen LogP contribution in [0.25, 0.3) is 0 Å². The first-order valence-electron chi connectivity index (χ1n) is 7.08. The maximum Gasteiger partial charge on any atom is 0.0107 e. The van der Waals surface area contributed by atoms with Crippen molar-refractivity contribution in [2.24, 2.45) is 5.92 Å². The lowest BCUT2D eigenvalue weighted by molar-refractivity contribution is 0.167. The summed E-state index contributed by atoms with van der Waals surface area (Å²) >= 11 is 0. The van der Waals surface area contributed by atoms with Gasteiger partial charge in [-0.1, -0.05) is 19.8 Å². The number of hydrogen-bond donors (Lipinski definition) is 1. The second-order valence-corrected chi connectivity index (χ2v) is 5.64. The van der Waals surface area contributed by atoms with Crippen LogP contribution >= 0.6 is 0 Å². The Morgan fingerprint density at radius 2 is 1.94 bits per heavy atom. The molecule has 1 aliphatic rings. The van der Waals surface area contributed by atoms with Crippen molar-refractivity contribution in [2.75, 3.05) is 20.1 Å². The number of nitrogens with zero attached hydrogens (tertiary/aromatic N) is 1. The molecule has 1 rings (SSSR count). The van der Waals surface area contributed by atoms with E-state index in [1.54, 1.807) is 0 Å². The Balaban J connectivity index is 2.40. The Morgan fingerprint density at radius 3 is 2.56 bits per heavy atom. The average molecular weight is 226 g/mol. The topological polar surface area (TPSA) is 15.3 Å². The second-order valence-electron chi connectivity index (χ2n) is 5.64. The Labute approximate surface area is 102 Å². The summed E-state index contributed by atoms with van der Waals surface area (Å²) in [6.07, 6.45) is 6.91. The number of hydrogen-bond acceptors (Lipinski definition) is 2. The van der Waals surface area contributed by atoms with Gasteiger partial charge in [0.05, 0.1) is 0 Å². The van der Waals surface area contributed by atoms with Crippen molar-refractivity contribution in [3.8, 4) is 0 Å². The minimum Gasteiger partial charge on any atom is -0.314 e. The molecule has 0 aromatic heterocycles. The Bertz CT molecular complexity index is 180. The fraction of sp³-hybridized carbons (Fsp3) is 1.00. The van der Waals surface area contributed by atoms with Crippen molar-refractivity contribution in [2.45, 2.75) is 65.0 Å². The molecule has 16 heavy (non-hydrogen) atoms. The van der Waals surface area contributed by atoms with Crippen LogP contribution in [0.15, 0.2) is 0 Å². The maximum absolute atomic E-state index is 3.74. The van der Waals surface area contributed by atoms with Crippen LogP contribution in [0.2, 0.25) is 0 Å². The Hall–Kier alpha value is -0.0800. The zero-order valence-electron chi connectivity index (χ0n) is 11.6. The molecular formula is C14H30N2. The molecule has 0 aromatic carbocycles. The molecule has 1 saturated carbocycles. The fourth-order valence-electron chi connectivity index (χ4n) is 2.61. The monoisotopic (exact) mass is 226 g/mol. The second kappa shape index (κ2) is 7.29. The first-order valence-corrected chi connectivity index (χ1v) is 7.08. The molecule has 2 atom stereocenters. The molecule has 0 bridgehead atoms. The Kier molecular flexibility index (Phi) is 6.37. The lowest BCUT2D eigenvalue weighted by Gasteiger charge is -2.36. The third-order valence-electron chi connectivity index (χ3n) is 3.97. The van der Waals surface area contributed by atoms with Crippen LogP contribution in [0.5, 0.6) is 0 Å². The molecule has 0 amide bonds. The molecule has 1 N–H and O–H groups in total.